The fraction of sp³-hybridized carbons (Fsp3) is 0.273. The van der Waals surface area contributed by atoms with Crippen LogP contribution >= 0.6 is 11.3 Å². The van der Waals surface area contributed by atoms with E-state index in [2.05, 4.69) is 28.6 Å². The molecule has 3 aromatic heterocycles. The number of rotatable bonds is 4. The summed E-state index contributed by atoms with van der Waals surface area (Å²) in [4.78, 5) is 14.0. The van der Waals surface area contributed by atoms with Gasteiger partial charge in [-0.2, -0.15) is 5.10 Å². The van der Waals surface area contributed by atoms with Crippen molar-refractivity contribution in [1.82, 2.24) is 19.8 Å². The van der Waals surface area contributed by atoms with Crippen LogP contribution in [0.3, 0.4) is 0 Å². The first-order valence-electron chi connectivity index (χ1n) is 9.68. The van der Waals surface area contributed by atoms with Gasteiger partial charge < -0.3 is 4.74 Å². The Morgan fingerprint density at radius 2 is 2.03 bits per heavy atom. The Bertz CT molecular complexity index is 1210. The summed E-state index contributed by atoms with van der Waals surface area (Å²) >= 11 is 1.69. The molecule has 0 bridgehead atoms. The van der Waals surface area contributed by atoms with Gasteiger partial charge in [-0.1, -0.05) is 31.2 Å². The van der Waals surface area contributed by atoms with Crippen molar-refractivity contribution < 1.29 is 9.53 Å². The van der Waals surface area contributed by atoms with Crippen molar-refractivity contribution in [3.8, 4) is 16.9 Å². The van der Waals surface area contributed by atoms with Gasteiger partial charge in [0.05, 0.1) is 24.1 Å². The van der Waals surface area contributed by atoms with Crippen molar-refractivity contribution in [3.63, 3.8) is 0 Å². The second-order valence-corrected chi connectivity index (χ2v) is 8.13. The summed E-state index contributed by atoms with van der Waals surface area (Å²) in [6.45, 7) is 2.07. The Hall–Kier alpha value is -3.06. The smallest absolute Gasteiger partial charge is 0.185 e. The lowest BCUT2D eigenvalue weighted by Gasteiger charge is -2.21. The van der Waals surface area contributed by atoms with E-state index in [4.69, 9.17) is 9.84 Å². The van der Waals surface area contributed by atoms with E-state index in [0.717, 1.165) is 41.1 Å². The highest BCUT2D eigenvalue weighted by molar-refractivity contribution is 7.10. The van der Waals surface area contributed by atoms with E-state index >= 15 is 0 Å². The summed E-state index contributed by atoms with van der Waals surface area (Å²) in [5.41, 5.74) is 4.74. The number of aryl methyl sites for hydroxylation is 1. The van der Waals surface area contributed by atoms with Gasteiger partial charge in [0.15, 0.2) is 17.1 Å². The lowest BCUT2D eigenvalue weighted by Crippen LogP contribution is -2.23. The maximum atomic E-state index is 12.8. The highest BCUT2D eigenvalue weighted by atomic mass is 32.1. The number of para-hydroxylation sites is 1. The van der Waals surface area contributed by atoms with Crippen LogP contribution in [0.5, 0.6) is 5.75 Å². The lowest BCUT2D eigenvalue weighted by molar-refractivity contribution is 0.0956. The maximum absolute atomic E-state index is 12.8. The number of Topliss-reactive ketones (excluding diaryl/α,β-unsaturated/α-hetero) is 1. The summed E-state index contributed by atoms with van der Waals surface area (Å²) in [6, 6.07) is 12.0. The summed E-state index contributed by atoms with van der Waals surface area (Å²) in [7, 11) is 1.66. The van der Waals surface area contributed by atoms with Gasteiger partial charge in [0.2, 0.25) is 0 Å². The molecule has 1 aliphatic rings. The molecule has 0 spiro atoms. The number of ether oxygens (including phenoxy) is 1. The molecule has 1 unspecified atom stereocenters. The SMILES string of the molecule is CCc1nn2c3c(nnc2c1-c1ccccc1OC)C(=O)CC(c1cccs1)C3. The predicted molar refractivity (Wildman–Crippen MR) is 112 cm³/mol. The number of hydrogen-bond acceptors (Lipinski definition) is 6. The van der Waals surface area contributed by atoms with E-state index in [1.54, 1.807) is 18.4 Å². The number of thiophene rings is 1. The van der Waals surface area contributed by atoms with Crippen LogP contribution in [-0.2, 0) is 12.8 Å². The third-order valence-electron chi connectivity index (χ3n) is 5.50. The third-order valence-corrected chi connectivity index (χ3v) is 6.53. The summed E-state index contributed by atoms with van der Waals surface area (Å²) in [5.74, 6) is 0.960. The summed E-state index contributed by atoms with van der Waals surface area (Å²) in [6.07, 6.45) is 1.94. The van der Waals surface area contributed by atoms with Crippen molar-refractivity contribution in [2.45, 2.75) is 32.1 Å². The molecule has 1 aromatic carbocycles. The van der Waals surface area contributed by atoms with Gasteiger partial charge in [-0.25, -0.2) is 4.52 Å². The molecule has 1 atom stereocenters. The van der Waals surface area contributed by atoms with E-state index in [-0.39, 0.29) is 11.7 Å². The van der Waals surface area contributed by atoms with Crippen molar-refractivity contribution in [3.05, 3.63) is 63.7 Å². The molecule has 0 aliphatic heterocycles. The van der Waals surface area contributed by atoms with E-state index in [1.807, 2.05) is 34.8 Å². The van der Waals surface area contributed by atoms with E-state index in [9.17, 15) is 4.79 Å². The number of carbonyl (C=O) groups excluding carboxylic acids is 1. The quantitative estimate of drug-likeness (QED) is 0.506. The average Bonchev–Trinajstić information content (AvgIpc) is 3.41. The second kappa shape index (κ2) is 7.08. The van der Waals surface area contributed by atoms with Crippen molar-refractivity contribution in [1.29, 1.82) is 0 Å². The topological polar surface area (TPSA) is 69.4 Å². The van der Waals surface area contributed by atoms with Crippen LogP contribution in [-0.4, -0.2) is 32.7 Å². The zero-order valence-corrected chi connectivity index (χ0v) is 17.1. The molecule has 0 fully saturated rings. The summed E-state index contributed by atoms with van der Waals surface area (Å²) in [5, 5.41) is 15.7. The fourth-order valence-corrected chi connectivity index (χ4v) is 4.94. The number of benzene rings is 1. The molecule has 0 saturated carbocycles. The normalized spacial score (nSPS) is 16.2. The monoisotopic (exact) mass is 404 g/mol. The third kappa shape index (κ3) is 2.84. The molecule has 1 aliphatic carbocycles. The maximum Gasteiger partial charge on any atom is 0.185 e. The molecule has 0 radical (unpaired) electrons. The minimum atomic E-state index is 0.0337. The lowest BCUT2D eigenvalue weighted by atomic mass is 9.87. The van der Waals surface area contributed by atoms with Gasteiger partial charge in [-0.3, -0.25) is 4.79 Å². The summed E-state index contributed by atoms with van der Waals surface area (Å²) < 4.78 is 7.41. The molecule has 6 nitrogen and oxygen atoms in total. The molecular weight excluding hydrogens is 384 g/mol. The van der Waals surface area contributed by atoms with Gasteiger partial charge in [-0.05, 0) is 23.9 Å². The van der Waals surface area contributed by atoms with Gasteiger partial charge in [0.1, 0.15) is 5.75 Å². The van der Waals surface area contributed by atoms with Gasteiger partial charge in [-0.15, -0.1) is 21.5 Å². The first-order valence-corrected chi connectivity index (χ1v) is 10.6. The van der Waals surface area contributed by atoms with Crippen LogP contribution < -0.4 is 4.74 Å². The number of ketones is 1. The fourth-order valence-electron chi connectivity index (χ4n) is 4.11. The Balaban J connectivity index is 1.73. The second-order valence-electron chi connectivity index (χ2n) is 7.15. The Kier molecular flexibility index (Phi) is 4.39. The molecule has 0 amide bonds. The Labute approximate surface area is 172 Å². The highest BCUT2D eigenvalue weighted by Crippen LogP contribution is 2.38. The van der Waals surface area contributed by atoms with Crippen LogP contribution in [0.4, 0.5) is 0 Å². The van der Waals surface area contributed by atoms with Crippen LogP contribution in [0.1, 0.15) is 46.0 Å². The average molecular weight is 404 g/mol. The minimum Gasteiger partial charge on any atom is -0.496 e. The molecule has 3 heterocycles. The molecule has 4 aromatic rings. The zero-order valence-electron chi connectivity index (χ0n) is 16.3. The van der Waals surface area contributed by atoms with Gasteiger partial charge >= 0.3 is 0 Å². The van der Waals surface area contributed by atoms with Gasteiger partial charge in [0.25, 0.3) is 0 Å². The number of nitrogens with zero attached hydrogens (tertiary/aromatic N) is 4. The van der Waals surface area contributed by atoms with Crippen LogP contribution in [0.25, 0.3) is 16.8 Å². The van der Waals surface area contributed by atoms with Crippen molar-refractivity contribution >= 4 is 22.8 Å². The molecule has 0 N–H and O–H groups in total. The van der Waals surface area contributed by atoms with Gasteiger partial charge in [0, 0.05) is 29.2 Å². The number of aromatic nitrogens is 4. The largest absolute Gasteiger partial charge is 0.496 e. The molecule has 29 heavy (non-hydrogen) atoms. The standard InChI is InChI=1S/C22H20N4O2S/c1-3-15-20(14-7-4-5-8-18(14)28-2)22-24-23-21-16(26(22)25-15)11-13(12-17(21)27)19-9-6-10-29-19/h4-10,13H,3,11-12H2,1-2H3. The first kappa shape index (κ1) is 18.0. The molecule has 146 valence electrons. The Morgan fingerprint density at radius 1 is 1.17 bits per heavy atom. The molecule has 5 rings (SSSR count). The van der Waals surface area contributed by atoms with Crippen LogP contribution in [0, 0.1) is 0 Å². The van der Waals surface area contributed by atoms with E-state index in [0.29, 0.717) is 17.8 Å². The number of fused-ring (bicyclic) bond motifs is 3. The Morgan fingerprint density at radius 3 is 2.79 bits per heavy atom. The van der Waals surface area contributed by atoms with E-state index < -0.39 is 0 Å². The first-order chi connectivity index (χ1) is 14.2. The number of methoxy groups -OCH3 is 1. The molecule has 0 saturated heterocycles. The van der Waals surface area contributed by atoms with E-state index in [1.165, 1.54) is 4.88 Å². The molecular formula is C22H20N4O2S. The van der Waals surface area contributed by atoms with Crippen molar-refractivity contribution in [2.75, 3.05) is 7.11 Å². The molecule has 7 heteroatoms. The minimum absolute atomic E-state index is 0.0337. The number of hydrogen-bond donors (Lipinski definition) is 0. The zero-order chi connectivity index (χ0) is 20.0. The van der Waals surface area contributed by atoms with Crippen LogP contribution in [0.15, 0.2) is 41.8 Å². The van der Waals surface area contributed by atoms with Crippen LogP contribution in [0.2, 0.25) is 0 Å². The van der Waals surface area contributed by atoms with Crippen molar-refractivity contribution in [2.24, 2.45) is 0 Å². The highest BCUT2D eigenvalue weighted by Gasteiger charge is 2.32. The number of carbonyl (C=O) groups is 1. The predicted octanol–water partition coefficient (Wildman–Crippen LogP) is 4.34.